The van der Waals surface area contributed by atoms with Crippen molar-refractivity contribution in [2.75, 3.05) is 6.54 Å². The fraction of sp³-hybridized carbons (Fsp3) is 0.278. The molecule has 2 unspecified atom stereocenters. The van der Waals surface area contributed by atoms with Crippen molar-refractivity contribution in [2.24, 2.45) is 16.1 Å². The molecule has 0 N–H and O–H groups in total. The lowest BCUT2D eigenvalue weighted by atomic mass is 9.95. The van der Waals surface area contributed by atoms with Crippen LogP contribution in [0.15, 0.2) is 63.2 Å². The molecule has 0 fully saturated rings. The molecular formula is C18H17N3O. The zero-order valence-electron chi connectivity index (χ0n) is 12.4. The molecule has 2 atom stereocenters. The van der Waals surface area contributed by atoms with E-state index in [-0.39, 0.29) is 6.04 Å². The summed E-state index contributed by atoms with van der Waals surface area (Å²) in [6.45, 7) is 3.05. The van der Waals surface area contributed by atoms with E-state index in [4.69, 9.17) is 4.42 Å². The molecule has 0 saturated carbocycles. The molecule has 2 heterocycles. The third kappa shape index (κ3) is 2.41. The molecule has 0 spiro atoms. The lowest BCUT2D eigenvalue weighted by Crippen LogP contribution is -2.10. The number of rotatable bonds is 2. The van der Waals surface area contributed by atoms with Gasteiger partial charge in [-0.15, -0.1) is 0 Å². The zero-order chi connectivity index (χ0) is 14.9. The van der Waals surface area contributed by atoms with Crippen molar-refractivity contribution in [1.82, 2.24) is 4.98 Å². The molecule has 0 amide bonds. The van der Waals surface area contributed by atoms with Crippen LogP contribution in [-0.2, 0) is 0 Å². The van der Waals surface area contributed by atoms with Gasteiger partial charge in [-0.3, -0.25) is 0 Å². The van der Waals surface area contributed by atoms with E-state index in [1.165, 1.54) is 0 Å². The molecule has 0 saturated heterocycles. The average Bonchev–Trinajstić information content (AvgIpc) is 2.99. The molecule has 0 bridgehead atoms. The van der Waals surface area contributed by atoms with Crippen LogP contribution in [0.1, 0.15) is 24.9 Å². The molecule has 1 aliphatic heterocycles. The Bertz CT molecular complexity index is 823. The molecule has 22 heavy (non-hydrogen) atoms. The van der Waals surface area contributed by atoms with Gasteiger partial charge in [-0.2, -0.15) is 10.2 Å². The highest BCUT2D eigenvalue weighted by atomic mass is 16.3. The molecule has 1 aromatic heterocycles. The molecular weight excluding hydrogens is 274 g/mol. The Morgan fingerprint density at radius 2 is 1.95 bits per heavy atom. The van der Waals surface area contributed by atoms with Gasteiger partial charge in [0.1, 0.15) is 5.52 Å². The second-order valence-electron chi connectivity index (χ2n) is 5.91. The van der Waals surface area contributed by atoms with Crippen molar-refractivity contribution in [3.05, 3.63) is 54.1 Å². The van der Waals surface area contributed by atoms with Crippen LogP contribution < -0.4 is 0 Å². The third-order valence-corrected chi connectivity index (χ3v) is 4.06. The summed E-state index contributed by atoms with van der Waals surface area (Å²) in [5, 5.41) is 8.61. The highest BCUT2D eigenvalue weighted by Gasteiger charge is 2.19. The summed E-state index contributed by atoms with van der Waals surface area (Å²) in [4.78, 5) is 4.56. The number of hydrogen-bond acceptors (Lipinski definition) is 4. The zero-order valence-corrected chi connectivity index (χ0v) is 12.4. The number of benzene rings is 2. The molecule has 4 heteroatoms. The topological polar surface area (TPSA) is 50.8 Å². The number of fused-ring (bicyclic) bond motifs is 1. The van der Waals surface area contributed by atoms with E-state index in [1.807, 2.05) is 36.4 Å². The largest absolute Gasteiger partial charge is 0.436 e. The van der Waals surface area contributed by atoms with Crippen molar-refractivity contribution in [1.29, 1.82) is 0 Å². The lowest BCUT2D eigenvalue weighted by molar-refractivity contribution is 0.418. The van der Waals surface area contributed by atoms with E-state index in [1.54, 1.807) is 0 Å². The normalized spacial score (nSPS) is 21.3. The van der Waals surface area contributed by atoms with Gasteiger partial charge in [0, 0.05) is 5.56 Å². The fourth-order valence-electron chi connectivity index (χ4n) is 2.84. The van der Waals surface area contributed by atoms with Crippen LogP contribution in [0.2, 0.25) is 0 Å². The standard InChI is InChI=1S/C18H17N3O/c1-12-9-16(21-19-11-12)14-7-8-15-17(10-14)22-18(20-15)13-5-3-2-4-6-13/h2-8,10,12,16H,9,11H2,1H3. The van der Waals surface area contributed by atoms with Crippen LogP contribution in [-0.4, -0.2) is 11.5 Å². The van der Waals surface area contributed by atoms with Gasteiger partial charge in [-0.1, -0.05) is 31.2 Å². The van der Waals surface area contributed by atoms with Gasteiger partial charge in [-0.05, 0) is 42.2 Å². The van der Waals surface area contributed by atoms with Crippen molar-refractivity contribution in [3.8, 4) is 11.5 Å². The van der Waals surface area contributed by atoms with Crippen LogP contribution in [0.5, 0.6) is 0 Å². The van der Waals surface area contributed by atoms with E-state index in [0.717, 1.165) is 35.2 Å². The average molecular weight is 291 g/mol. The van der Waals surface area contributed by atoms with Gasteiger partial charge in [-0.25, -0.2) is 4.98 Å². The Morgan fingerprint density at radius 3 is 2.77 bits per heavy atom. The first-order chi connectivity index (χ1) is 10.8. The molecule has 2 aromatic carbocycles. The predicted octanol–water partition coefficient (Wildman–Crippen LogP) is 5.03. The monoisotopic (exact) mass is 291 g/mol. The first-order valence-electron chi connectivity index (χ1n) is 7.62. The number of azo groups is 1. The summed E-state index contributed by atoms with van der Waals surface area (Å²) in [6, 6.07) is 16.2. The van der Waals surface area contributed by atoms with Crippen molar-refractivity contribution in [3.63, 3.8) is 0 Å². The highest BCUT2D eigenvalue weighted by molar-refractivity contribution is 5.77. The molecule has 4 nitrogen and oxygen atoms in total. The summed E-state index contributed by atoms with van der Waals surface area (Å²) >= 11 is 0. The minimum absolute atomic E-state index is 0.137. The van der Waals surface area contributed by atoms with Gasteiger partial charge in [0.2, 0.25) is 5.89 Å². The predicted molar refractivity (Wildman–Crippen MR) is 85.7 cm³/mol. The van der Waals surface area contributed by atoms with E-state index in [0.29, 0.717) is 11.8 Å². The van der Waals surface area contributed by atoms with E-state index in [2.05, 4.69) is 34.3 Å². The van der Waals surface area contributed by atoms with Crippen molar-refractivity contribution in [2.45, 2.75) is 19.4 Å². The number of oxazole rings is 1. The second kappa shape index (κ2) is 5.37. The molecule has 3 aromatic rings. The maximum absolute atomic E-state index is 5.93. The molecule has 0 radical (unpaired) electrons. The Labute approximate surface area is 128 Å². The fourth-order valence-corrected chi connectivity index (χ4v) is 2.84. The van der Waals surface area contributed by atoms with Crippen LogP contribution in [0, 0.1) is 5.92 Å². The Hall–Kier alpha value is -2.49. The SMILES string of the molecule is CC1CN=NC(c2ccc3nc(-c4ccccc4)oc3c2)C1. The van der Waals surface area contributed by atoms with E-state index < -0.39 is 0 Å². The van der Waals surface area contributed by atoms with Gasteiger partial charge in [0.05, 0.1) is 12.6 Å². The summed E-state index contributed by atoms with van der Waals surface area (Å²) in [5.74, 6) is 1.24. The molecule has 4 rings (SSSR count). The van der Waals surface area contributed by atoms with Gasteiger partial charge in [0.25, 0.3) is 0 Å². The van der Waals surface area contributed by atoms with Crippen molar-refractivity contribution < 1.29 is 4.42 Å². The van der Waals surface area contributed by atoms with Gasteiger partial charge in [0.15, 0.2) is 5.58 Å². The number of nitrogens with zero attached hydrogens (tertiary/aromatic N) is 3. The van der Waals surface area contributed by atoms with Crippen molar-refractivity contribution >= 4 is 11.1 Å². The van der Waals surface area contributed by atoms with Crippen LogP contribution in [0.3, 0.4) is 0 Å². The van der Waals surface area contributed by atoms with Gasteiger partial charge >= 0.3 is 0 Å². The smallest absolute Gasteiger partial charge is 0.227 e. The van der Waals surface area contributed by atoms with E-state index >= 15 is 0 Å². The summed E-state index contributed by atoms with van der Waals surface area (Å²) < 4.78 is 5.93. The lowest BCUT2D eigenvalue weighted by Gasteiger charge is -2.19. The minimum Gasteiger partial charge on any atom is -0.436 e. The first kappa shape index (κ1) is 13.2. The third-order valence-electron chi connectivity index (χ3n) is 4.06. The number of aromatic nitrogens is 1. The van der Waals surface area contributed by atoms with Crippen LogP contribution >= 0.6 is 0 Å². The molecule has 0 aliphatic carbocycles. The van der Waals surface area contributed by atoms with Crippen LogP contribution in [0.4, 0.5) is 0 Å². The highest BCUT2D eigenvalue weighted by Crippen LogP contribution is 2.32. The quantitative estimate of drug-likeness (QED) is 0.665. The maximum Gasteiger partial charge on any atom is 0.227 e. The Morgan fingerprint density at radius 1 is 1.09 bits per heavy atom. The molecule has 1 aliphatic rings. The second-order valence-corrected chi connectivity index (χ2v) is 5.91. The first-order valence-corrected chi connectivity index (χ1v) is 7.62. The van der Waals surface area contributed by atoms with E-state index in [9.17, 15) is 0 Å². The van der Waals surface area contributed by atoms with Crippen LogP contribution in [0.25, 0.3) is 22.6 Å². The van der Waals surface area contributed by atoms with Gasteiger partial charge < -0.3 is 4.42 Å². The Kier molecular flexibility index (Phi) is 3.22. The number of hydrogen-bond donors (Lipinski definition) is 0. The Balaban J connectivity index is 1.72. The summed E-state index contributed by atoms with van der Waals surface area (Å²) in [7, 11) is 0. The molecule has 110 valence electrons. The minimum atomic E-state index is 0.137. The maximum atomic E-state index is 5.93. The summed E-state index contributed by atoms with van der Waals surface area (Å²) in [5.41, 5.74) is 3.83. The summed E-state index contributed by atoms with van der Waals surface area (Å²) in [6.07, 6.45) is 1.04.